The molecule has 1 fully saturated rings. The van der Waals surface area contributed by atoms with E-state index in [-0.39, 0.29) is 6.10 Å². The van der Waals surface area contributed by atoms with Crippen LogP contribution in [0.4, 0.5) is 5.82 Å². The lowest BCUT2D eigenvalue weighted by atomic mass is 9.97. The summed E-state index contributed by atoms with van der Waals surface area (Å²) in [7, 11) is 0. The van der Waals surface area contributed by atoms with Crippen LogP contribution in [-0.4, -0.2) is 39.9 Å². The molecule has 0 aliphatic carbocycles. The van der Waals surface area contributed by atoms with Gasteiger partial charge in [0, 0.05) is 31.3 Å². The number of nitrogens with zero attached hydrogens (tertiary/aromatic N) is 2. The van der Waals surface area contributed by atoms with Gasteiger partial charge in [-0.1, -0.05) is 13.8 Å². The van der Waals surface area contributed by atoms with Gasteiger partial charge in [0.1, 0.15) is 17.7 Å². The van der Waals surface area contributed by atoms with E-state index < -0.39 is 5.60 Å². The van der Waals surface area contributed by atoms with Gasteiger partial charge in [-0.2, -0.15) is 0 Å². The van der Waals surface area contributed by atoms with Crippen molar-refractivity contribution in [1.29, 1.82) is 0 Å². The van der Waals surface area contributed by atoms with Gasteiger partial charge in [-0.05, 0) is 12.8 Å². The summed E-state index contributed by atoms with van der Waals surface area (Å²) in [4.78, 5) is 8.38. The van der Waals surface area contributed by atoms with Gasteiger partial charge in [0.15, 0.2) is 0 Å². The molecule has 1 aliphatic heterocycles. The first kappa shape index (κ1) is 13.2. The van der Waals surface area contributed by atoms with Crippen LogP contribution in [0.15, 0.2) is 12.4 Å². The first-order valence-corrected chi connectivity index (χ1v) is 6.41. The number of anilines is 1. The van der Waals surface area contributed by atoms with E-state index in [1.165, 1.54) is 0 Å². The molecule has 0 radical (unpaired) electrons. The molecule has 2 heterocycles. The van der Waals surface area contributed by atoms with Crippen molar-refractivity contribution < 1.29 is 9.84 Å². The highest BCUT2D eigenvalue weighted by Gasteiger charge is 2.39. The van der Waals surface area contributed by atoms with Gasteiger partial charge in [-0.15, -0.1) is 0 Å². The highest BCUT2D eigenvalue weighted by atomic mass is 16.5. The monoisotopic (exact) mass is 251 g/mol. The molecule has 5 nitrogen and oxygen atoms in total. The van der Waals surface area contributed by atoms with Crippen molar-refractivity contribution in [3.63, 3.8) is 0 Å². The smallest absolute Gasteiger partial charge is 0.129 e. The summed E-state index contributed by atoms with van der Waals surface area (Å²) in [6, 6.07) is 1.93. The van der Waals surface area contributed by atoms with Crippen molar-refractivity contribution in [2.75, 3.05) is 18.5 Å². The summed E-state index contributed by atoms with van der Waals surface area (Å²) in [6.45, 7) is 7.14. The molecular weight excluding hydrogens is 230 g/mol. The summed E-state index contributed by atoms with van der Waals surface area (Å²) in [5.41, 5.74) is 0.193. The van der Waals surface area contributed by atoms with Gasteiger partial charge >= 0.3 is 0 Å². The molecular formula is C13H21N3O2. The normalized spacial score (nSPS) is 27.7. The van der Waals surface area contributed by atoms with Gasteiger partial charge in [0.05, 0.1) is 6.10 Å². The molecule has 2 N–H and O–H groups in total. The number of hydrogen-bond acceptors (Lipinski definition) is 5. The molecule has 2 rings (SSSR count). The fourth-order valence-electron chi connectivity index (χ4n) is 2.03. The second kappa shape index (κ2) is 5.20. The van der Waals surface area contributed by atoms with E-state index >= 15 is 0 Å². The Labute approximate surface area is 108 Å². The Morgan fingerprint density at radius 2 is 2.33 bits per heavy atom. The first-order valence-electron chi connectivity index (χ1n) is 6.41. The summed E-state index contributed by atoms with van der Waals surface area (Å²) < 4.78 is 5.40. The molecule has 1 aliphatic rings. The number of ether oxygens (including phenoxy) is 1. The van der Waals surface area contributed by atoms with Crippen LogP contribution in [0.5, 0.6) is 0 Å². The average Bonchev–Trinajstić information content (AvgIpc) is 2.68. The van der Waals surface area contributed by atoms with Gasteiger partial charge in [-0.3, -0.25) is 0 Å². The second-order valence-corrected chi connectivity index (χ2v) is 5.20. The van der Waals surface area contributed by atoms with E-state index in [1.807, 2.05) is 13.0 Å². The van der Waals surface area contributed by atoms with Crippen molar-refractivity contribution in [3.8, 4) is 0 Å². The second-order valence-electron chi connectivity index (χ2n) is 5.20. The maximum Gasteiger partial charge on any atom is 0.129 e. The molecule has 0 amide bonds. The number of aromatic nitrogens is 2. The molecule has 0 spiro atoms. The minimum absolute atomic E-state index is 0.142. The summed E-state index contributed by atoms with van der Waals surface area (Å²) in [5, 5.41) is 13.5. The topological polar surface area (TPSA) is 67.3 Å². The minimum Gasteiger partial charge on any atom is -0.385 e. The molecule has 18 heavy (non-hydrogen) atoms. The Bertz CT molecular complexity index is 411. The van der Waals surface area contributed by atoms with Gasteiger partial charge in [-0.25, -0.2) is 9.97 Å². The zero-order valence-corrected chi connectivity index (χ0v) is 11.2. The molecule has 5 heteroatoms. The lowest BCUT2D eigenvalue weighted by Gasteiger charge is -2.26. The molecule has 100 valence electrons. The van der Waals surface area contributed by atoms with E-state index in [9.17, 15) is 5.11 Å². The molecule has 2 unspecified atom stereocenters. The van der Waals surface area contributed by atoms with Crippen molar-refractivity contribution in [1.82, 2.24) is 9.97 Å². The van der Waals surface area contributed by atoms with E-state index in [0.29, 0.717) is 25.5 Å². The molecule has 0 saturated carbocycles. The van der Waals surface area contributed by atoms with Crippen LogP contribution >= 0.6 is 0 Å². The zero-order chi connectivity index (χ0) is 13.2. The first-order chi connectivity index (χ1) is 8.51. The third-order valence-electron chi connectivity index (χ3n) is 3.51. The molecule has 0 bridgehead atoms. The van der Waals surface area contributed by atoms with Crippen LogP contribution < -0.4 is 5.32 Å². The van der Waals surface area contributed by atoms with Gasteiger partial charge < -0.3 is 15.2 Å². The predicted octanol–water partition coefficient (Wildman–Crippen LogP) is 1.55. The van der Waals surface area contributed by atoms with Crippen LogP contribution in [0.2, 0.25) is 0 Å². The maximum atomic E-state index is 10.4. The third kappa shape index (κ3) is 2.79. The van der Waals surface area contributed by atoms with E-state index in [1.54, 1.807) is 6.33 Å². The molecule has 0 aromatic carbocycles. The van der Waals surface area contributed by atoms with E-state index in [2.05, 4.69) is 29.1 Å². The Morgan fingerprint density at radius 3 is 2.94 bits per heavy atom. The van der Waals surface area contributed by atoms with Crippen LogP contribution in [0.3, 0.4) is 0 Å². The lowest BCUT2D eigenvalue weighted by molar-refractivity contribution is -0.0176. The number of rotatable bonds is 4. The Morgan fingerprint density at radius 1 is 1.56 bits per heavy atom. The van der Waals surface area contributed by atoms with Crippen LogP contribution in [0.25, 0.3) is 0 Å². The standard InChI is InChI=1S/C13H21N3O2/c1-9(2)11-6-12(16-8-15-11)14-7-13(17)4-5-18-10(13)3/h6,8-10,17H,4-5,7H2,1-3H3,(H,14,15,16). The van der Waals surface area contributed by atoms with E-state index in [0.717, 1.165) is 11.5 Å². The van der Waals surface area contributed by atoms with Crippen molar-refractivity contribution in [2.24, 2.45) is 0 Å². The van der Waals surface area contributed by atoms with Gasteiger partial charge in [0.25, 0.3) is 0 Å². The number of aliphatic hydroxyl groups is 1. The zero-order valence-electron chi connectivity index (χ0n) is 11.2. The molecule has 2 atom stereocenters. The largest absolute Gasteiger partial charge is 0.385 e. The molecule has 1 aromatic heterocycles. The van der Waals surface area contributed by atoms with E-state index in [4.69, 9.17) is 4.74 Å². The van der Waals surface area contributed by atoms with Crippen LogP contribution in [0, 0.1) is 0 Å². The van der Waals surface area contributed by atoms with Crippen molar-refractivity contribution in [2.45, 2.75) is 44.8 Å². The minimum atomic E-state index is -0.803. The van der Waals surface area contributed by atoms with Crippen LogP contribution in [0.1, 0.15) is 38.8 Å². The lowest BCUT2D eigenvalue weighted by Crippen LogP contribution is -2.43. The third-order valence-corrected chi connectivity index (χ3v) is 3.51. The average molecular weight is 251 g/mol. The fourth-order valence-corrected chi connectivity index (χ4v) is 2.03. The summed E-state index contributed by atoms with van der Waals surface area (Å²) in [6.07, 6.45) is 2.07. The summed E-state index contributed by atoms with van der Waals surface area (Å²) >= 11 is 0. The Kier molecular flexibility index (Phi) is 3.82. The Balaban J connectivity index is 2.00. The maximum absolute atomic E-state index is 10.4. The summed E-state index contributed by atoms with van der Waals surface area (Å²) in [5.74, 6) is 1.12. The SMILES string of the molecule is CC(C)c1cc(NCC2(O)CCOC2C)ncn1. The predicted molar refractivity (Wildman–Crippen MR) is 69.6 cm³/mol. The van der Waals surface area contributed by atoms with Crippen molar-refractivity contribution >= 4 is 5.82 Å². The molecule has 1 aromatic rings. The molecule has 1 saturated heterocycles. The van der Waals surface area contributed by atoms with Gasteiger partial charge in [0.2, 0.25) is 0 Å². The quantitative estimate of drug-likeness (QED) is 0.850. The van der Waals surface area contributed by atoms with Crippen molar-refractivity contribution in [3.05, 3.63) is 18.1 Å². The van der Waals surface area contributed by atoms with Crippen LogP contribution in [-0.2, 0) is 4.74 Å². The number of hydrogen-bond donors (Lipinski definition) is 2. The highest BCUT2D eigenvalue weighted by molar-refractivity contribution is 5.36. The Hall–Kier alpha value is -1.20. The highest BCUT2D eigenvalue weighted by Crippen LogP contribution is 2.26. The number of nitrogens with one attached hydrogen (secondary N) is 1. The fraction of sp³-hybridized carbons (Fsp3) is 0.692.